The highest BCUT2D eigenvalue weighted by Gasteiger charge is 2.29. The maximum atomic E-state index is 10.6. The quantitative estimate of drug-likeness (QED) is 0.750. The molecule has 0 bridgehead atoms. The molecule has 15 heavy (non-hydrogen) atoms. The zero-order valence-electron chi connectivity index (χ0n) is 8.78. The van der Waals surface area contributed by atoms with Crippen molar-refractivity contribution in [2.24, 2.45) is 5.73 Å². The molecule has 2 N–H and O–H groups in total. The lowest BCUT2D eigenvalue weighted by Crippen LogP contribution is -2.38. The van der Waals surface area contributed by atoms with E-state index >= 15 is 0 Å². The SMILES string of the molecule is NC1(c2ccnc(C=O)c2)CCCCC1. The zero-order valence-corrected chi connectivity index (χ0v) is 8.78. The molecule has 0 saturated heterocycles. The lowest BCUT2D eigenvalue weighted by atomic mass is 9.77. The monoisotopic (exact) mass is 204 g/mol. The summed E-state index contributed by atoms with van der Waals surface area (Å²) < 4.78 is 0. The molecule has 1 saturated carbocycles. The van der Waals surface area contributed by atoms with Crippen molar-refractivity contribution in [3.63, 3.8) is 0 Å². The molecule has 0 aliphatic heterocycles. The third-order valence-electron chi connectivity index (χ3n) is 3.22. The molecule has 0 unspecified atom stereocenters. The lowest BCUT2D eigenvalue weighted by Gasteiger charge is -2.33. The van der Waals surface area contributed by atoms with E-state index in [0.29, 0.717) is 5.69 Å². The summed E-state index contributed by atoms with van der Waals surface area (Å²) in [7, 11) is 0. The molecular weight excluding hydrogens is 188 g/mol. The van der Waals surface area contributed by atoms with Crippen molar-refractivity contribution in [2.45, 2.75) is 37.6 Å². The van der Waals surface area contributed by atoms with Crippen molar-refractivity contribution < 1.29 is 4.79 Å². The Morgan fingerprint density at radius 3 is 2.73 bits per heavy atom. The van der Waals surface area contributed by atoms with E-state index < -0.39 is 0 Å². The molecule has 1 aliphatic rings. The standard InChI is InChI=1S/C12H16N2O/c13-12(5-2-1-3-6-12)10-4-7-14-11(8-10)9-15/h4,7-9H,1-3,5-6,13H2. The van der Waals surface area contributed by atoms with Gasteiger partial charge in [0.1, 0.15) is 5.69 Å². The minimum Gasteiger partial charge on any atom is -0.321 e. The summed E-state index contributed by atoms with van der Waals surface area (Å²) in [6.07, 6.45) is 8.08. The first-order valence-electron chi connectivity index (χ1n) is 5.45. The molecule has 0 spiro atoms. The van der Waals surface area contributed by atoms with Crippen LogP contribution in [0.25, 0.3) is 0 Å². The first-order valence-corrected chi connectivity index (χ1v) is 5.45. The van der Waals surface area contributed by atoms with Crippen molar-refractivity contribution in [1.29, 1.82) is 0 Å². The Balaban J connectivity index is 2.30. The predicted molar refractivity (Wildman–Crippen MR) is 58.6 cm³/mol. The highest BCUT2D eigenvalue weighted by Crippen LogP contribution is 2.34. The number of nitrogens with zero attached hydrogens (tertiary/aromatic N) is 1. The van der Waals surface area contributed by atoms with Crippen LogP contribution in [-0.2, 0) is 5.54 Å². The summed E-state index contributed by atoms with van der Waals surface area (Å²) in [6.45, 7) is 0. The van der Waals surface area contributed by atoms with Crippen LogP contribution >= 0.6 is 0 Å². The molecule has 0 radical (unpaired) electrons. The number of aromatic nitrogens is 1. The number of aldehydes is 1. The highest BCUT2D eigenvalue weighted by atomic mass is 16.1. The molecule has 3 heteroatoms. The topological polar surface area (TPSA) is 56.0 Å². The van der Waals surface area contributed by atoms with Crippen LogP contribution in [0.4, 0.5) is 0 Å². The van der Waals surface area contributed by atoms with Crippen LogP contribution in [0.5, 0.6) is 0 Å². The number of nitrogens with two attached hydrogens (primary N) is 1. The molecule has 1 aromatic rings. The number of rotatable bonds is 2. The van der Waals surface area contributed by atoms with E-state index in [4.69, 9.17) is 5.73 Å². The summed E-state index contributed by atoms with van der Waals surface area (Å²) in [5.41, 5.74) is 7.65. The van der Waals surface area contributed by atoms with Crippen LogP contribution in [0.2, 0.25) is 0 Å². The van der Waals surface area contributed by atoms with E-state index in [0.717, 1.165) is 24.7 Å². The Kier molecular flexibility index (Phi) is 2.82. The molecular formula is C12H16N2O. The van der Waals surface area contributed by atoms with E-state index in [1.165, 1.54) is 19.3 Å². The van der Waals surface area contributed by atoms with Crippen LogP contribution in [0.15, 0.2) is 18.3 Å². The Hall–Kier alpha value is -1.22. The first-order chi connectivity index (χ1) is 7.24. The smallest absolute Gasteiger partial charge is 0.168 e. The summed E-state index contributed by atoms with van der Waals surface area (Å²) in [5.74, 6) is 0. The van der Waals surface area contributed by atoms with Crippen LogP contribution in [0, 0.1) is 0 Å². The van der Waals surface area contributed by atoms with Gasteiger partial charge in [0.15, 0.2) is 6.29 Å². The van der Waals surface area contributed by atoms with Gasteiger partial charge in [-0.1, -0.05) is 19.3 Å². The summed E-state index contributed by atoms with van der Waals surface area (Å²) in [6, 6.07) is 3.75. The molecule has 80 valence electrons. The van der Waals surface area contributed by atoms with Crippen LogP contribution in [-0.4, -0.2) is 11.3 Å². The molecule has 1 heterocycles. The van der Waals surface area contributed by atoms with Crippen LogP contribution in [0.1, 0.15) is 48.2 Å². The highest BCUT2D eigenvalue weighted by molar-refractivity contribution is 5.71. The van der Waals surface area contributed by atoms with E-state index in [2.05, 4.69) is 4.98 Å². The normalized spacial score (nSPS) is 19.8. The number of pyridine rings is 1. The van der Waals surface area contributed by atoms with Crippen molar-refractivity contribution in [2.75, 3.05) is 0 Å². The molecule has 0 aromatic carbocycles. The van der Waals surface area contributed by atoms with E-state index in [9.17, 15) is 4.79 Å². The molecule has 1 aromatic heterocycles. The number of hydrogen-bond acceptors (Lipinski definition) is 3. The third-order valence-corrected chi connectivity index (χ3v) is 3.22. The van der Waals surface area contributed by atoms with Gasteiger partial charge in [0.2, 0.25) is 0 Å². The van der Waals surface area contributed by atoms with Gasteiger partial charge in [0, 0.05) is 11.7 Å². The Morgan fingerprint density at radius 1 is 1.33 bits per heavy atom. The molecule has 3 nitrogen and oxygen atoms in total. The van der Waals surface area contributed by atoms with Gasteiger partial charge in [-0.25, -0.2) is 0 Å². The summed E-state index contributed by atoms with van der Waals surface area (Å²) in [4.78, 5) is 14.6. The largest absolute Gasteiger partial charge is 0.321 e. The lowest BCUT2D eigenvalue weighted by molar-refractivity contribution is 0.111. The van der Waals surface area contributed by atoms with Crippen molar-refractivity contribution in [3.05, 3.63) is 29.6 Å². The molecule has 0 amide bonds. The van der Waals surface area contributed by atoms with Gasteiger partial charge in [-0.05, 0) is 30.5 Å². The predicted octanol–water partition coefficient (Wildman–Crippen LogP) is 2.01. The number of carbonyl (C=O) groups is 1. The van der Waals surface area contributed by atoms with Gasteiger partial charge in [-0.3, -0.25) is 9.78 Å². The average molecular weight is 204 g/mol. The molecule has 1 fully saturated rings. The number of carbonyl (C=O) groups excluding carboxylic acids is 1. The Labute approximate surface area is 89.7 Å². The van der Waals surface area contributed by atoms with E-state index in [-0.39, 0.29) is 5.54 Å². The average Bonchev–Trinajstić information content (AvgIpc) is 2.30. The second-order valence-electron chi connectivity index (χ2n) is 4.30. The van der Waals surface area contributed by atoms with Gasteiger partial charge in [-0.2, -0.15) is 0 Å². The first kappa shape index (κ1) is 10.3. The van der Waals surface area contributed by atoms with Gasteiger partial charge in [0.05, 0.1) is 0 Å². The van der Waals surface area contributed by atoms with Crippen molar-refractivity contribution in [3.8, 4) is 0 Å². The maximum Gasteiger partial charge on any atom is 0.168 e. The minimum atomic E-state index is -0.237. The molecule has 2 rings (SSSR count). The van der Waals surface area contributed by atoms with Crippen molar-refractivity contribution in [1.82, 2.24) is 4.98 Å². The Bertz CT molecular complexity index is 356. The molecule has 1 aliphatic carbocycles. The zero-order chi connectivity index (χ0) is 10.7. The van der Waals surface area contributed by atoms with Gasteiger partial charge >= 0.3 is 0 Å². The Morgan fingerprint density at radius 2 is 2.07 bits per heavy atom. The van der Waals surface area contributed by atoms with E-state index in [1.54, 1.807) is 6.20 Å². The summed E-state index contributed by atoms with van der Waals surface area (Å²) >= 11 is 0. The summed E-state index contributed by atoms with van der Waals surface area (Å²) in [5, 5.41) is 0. The van der Waals surface area contributed by atoms with Gasteiger partial charge in [-0.15, -0.1) is 0 Å². The van der Waals surface area contributed by atoms with Crippen LogP contribution < -0.4 is 5.73 Å². The minimum absolute atomic E-state index is 0.237. The van der Waals surface area contributed by atoms with Gasteiger partial charge < -0.3 is 5.73 Å². The number of hydrogen-bond donors (Lipinski definition) is 1. The van der Waals surface area contributed by atoms with Gasteiger partial charge in [0.25, 0.3) is 0 Å². The molecule has 0 atom stereocenters. The fourth-order valence-corrected chi connectivity index (χ4v) is 2.29. The van der Waals surface area contributed by atoms with E-state index in [1.807, 2.05) is 12.1 Å². The second-order valence-corrected chi connectivity index (χ2v) is 4.30. The fraction of sp³-hybridized carbons (Fsp3) is 0.500. The van der Waals surface area contributed by atoms with Crippen molar-refractivity contribution >= 4 is 6.29 Å². The van der Waals surface area contributed by atoms with Crippen LogP contribution in [0.3, 0.4) is 0 Å². The maximum absolute atomic E-state index is 10.6. The second kappa shape index (κ2) is 4.11. The third kappa shape index (κ3) is 2.07. The fourth-order valence-electron chi connectivity index (χ4n) is 2.29.